The molecule has 1 amide bonds. The Morgan fingerprint density at radius 3 is 2.85 bits per heavy atom. The summed E-state index contributed by atoms with van der Waals surface area (Å²) >= 11 is 4.98. The Balaban J connectivity index is 2.45. The van der Waals surface area contributed by atoms with Crippen molar-refractivity contribution in [2.45, 2.75) is 0 Å². The first kappa shape index (κ1) is 13.9. The number of nitrogens with one attached hydrogen (secondary N) is 2. The van der Waals surface area contributed by atoms with E-state index in [0.717, 1.165) is 0 Å². The lowest BCUT2D eigenvalue weighted by atomic mass is 10.1. The monoisotopic (exact) mass is 293 g/mol. The number of hydrazone groups is 1. The summed E-state index contributed by atoms with van der Waals surface area (Å²) in [6, 6.07) is 4.11. The maximum atomic E-state index is 11.9. The van der Waals surface area contributed by atoms with E-state index in [1.54, 1.807) is 14.1 Å². The zero-order chi connectivity index (χ0) is 14.9. The highest BCUT2D eigenvalue weighted by atomic mass is 32.1. The van der Waals surface area contributed by atoms with Crippen LogP contribution in [0.25, 0.3) is 0 Å². The third-order valence-corrected chi connectivity index (χ3v) is 3.16. The van der Waals surface area contributed by atoms with Gasteiger partial charge in [-0.1, -0.05) is 0 Å². The number of nitro groups is 1. The molecule has 1 heterocycles. The minimum Gasteiger partial charge on any atom is -0.364 e. The number of hydrogen-bond donors (Lipinski definition) is 2. The van der Waals surface area contributed by atoms with Crippen molar-refractivity contribution >= 4 is 40.3 Å². The van der Waals surface area contributed by atoms with Crippen LogP contribution in [0.2, 0.25) is 0 Å². The molecule has 0 atom stereocenters. The molecule has 0 spiro atoms. The van der Waals surface area contributed by atoms with Gasteiger partial charge < -0.3 is 10.6 Å². The number of anilines is 1. The highest BCUT2D eigenvalue weighted by molar-refractivity contribution is 7.80. The number of carbonyl (C=O) groups excluding carboxylic acids is 1. The molecular weight excluding hydrogens is 282 g/mol. The van der Waals surface area contributed by atoms with Crippen LogP contribution in [0.5, 0.6) is 0 Å². The predicted molar refractivity (Wildman–Crippen MR) is 77.7 cm³/mol. The summed E-state index contributed by atoms with van der Waals surface area (Å²) in [6.45, 7) is 0. The van der Waals surface area contributed by atoms with Crippen molar-refractivity contribution in [3.63, 3.8) is 0 Å². The van der Waals surface area contributed by atoms with E-state index in [2.05, 4.69) is 15.7 Å². The fourth-order valence-electron chi connectivity index (χ4n) is 1.71. The van der Waals surface area contributed by atoms with Crippen LogP contribution >= 0.6 is 12.2 Å². The van der Waals surface area contributed by atoms with E-state index in [-0.39, 0.29) is 11.4 Å². The van der Waals surface area contributed by atoms with Gasteiger partial charge in [-0.15, -0.1) is 0 Å². The zero-order valence-corrected chi connectivity index (χ0v) is 11.5. The summed E-state index contributed by atoms with van der Waals surface area (Å²) in [7, 11) is 3.21. The SMILES string of the molecule is CNC(=S)N(C)N=C1C(=O)Nc2ccc([N+](=O)[O-])cc21. The lowest BCUT2D eigenvalue weighted by Gasteiger charge is -2.13. The molecule has 0 aliphatic carbocycles. The van der Waals surface area contributed by atoms with Crippen molar-refractivity contribution in [1.82, 2.24) is 10.3 Å². The van der Waals surface area contributed by atoms with E-state index in [4.69, 9.17) is 12.2 Å². The Hall–Kier alpha value is -2.55. The molecule has 0 aromatic heterocycles. The minimum absolute atomic E-state index is 0.0869. The van der Waals surface area contributed by atoms with Gasteiger partial charge in [0, 0.05) is 31.8 Å². The minimum atomic E-state index is -0.525. The molecule has 9 heteroatoms. The van der Waals surface area contributed by atoms with Crippen molar-refractivity contribution in [1.29, 1.82) is 0 Å². The van der Waals surface area contributed by atoms with Gasteiger partial charge in [0.1, 0.15) is 0 Å². The predicted octanol–water partition coefficient (Wildman–Crippen LogP) is 0.687. The van der Waals surface area contributed by atoms with E-state index in [9.17, 15) is 14.9 Å². The largest absolute Gasteiger partial charge is 0.364 e. The van der Waals surface area contributed by atoms with Crippen molar-refractivity contribution in [3.05, 3.63) is 33.9 Å². The summed E-state index contributed by atoms with van der Waals surface area (Å²) in [5, 5.41) is 21.8. The summed E-state index contributed by atoms with van der Waals surface area (Å²) in [5.74, 6) is -0.425. The second-order valence-electron chi connectivity index (χ2n) is 3.97. The van der Waals surface area contributed by atoms with Gasteiger partial charge in [0.25, 0.3) is 11.6 Å². The first-order valence-corrected chi connectivity index (χ1v) is 5.99. The van der Waals surface area contributed by atoms with Crippen molar-refractivity contribution in [2.75, 3.05) is 19.4 Å². The molecule has 2 rings (SSSR count). The van der Waals surface area contributed by atoms with E-state index >= 15 is 0 Å². The first-order chi connectivity index (χ1) is 9.43. The highest BCUT2D eigenvalue weighted by Gasteiger charge is 2.28. The molecule has 1 aromatic rings. The number of non-ortho nitro benzene ring substituents is 1. The fourth-order valence-corrected chi connectivity index (χ4v) is 1.75. The molecule has 0 fully saturated rings. The Labute approximate surface area is 119 Å². The Bertz CT molecular complexity index is 643. The molecule has 8 nitrogen and oxygen atoms in total. The molecule has 1 aliphatic rings. The molecule has 20 heavy (non-hydrogen) atoms. The van der Waals surface area contributed by atoms with Crippen LogP contribution in [0, 0.1) is 10.1 Å². The number of hydrogen-bond acceptors (Lipinski definition) is 5. The number of rotatable bonds is 2. The molecule has 1 aromatic carbocycles. The number of nitrogens with zero attached hydrogens (tertiary/aromatic N) is 3. The van der Waals surface area contributed by atoms with Crippen LogP contribution in [0.1, 0.15) is 5.56 Å². The van der Waals surface area contributed by atoms with Crippen LogP contribution in [0.15, 0.2) is 23.3 Å². The molecule has 0 saturated heterocycles. The van der Waals surface area contributed by atoms with Gasteiger partial charge >= 0.3 is 0 Å². The molecule has 0 unspecified atom stereocenters. The average molecular weight is 293 g/mol. The fraction of sp³-hybridized carbons (Fsp3) is 0.182. The van der Waals surface area contributed by atoms with Gasteiger partial charge in [0.15, 0.2) is 10.8 Å². The zero-order valence-electron chi connectivity index (χ0n) is 10.7. The van der Waals surface area contributed by atoms with Crippen molar-refractivity contribution in [3.8, 4) is 0 Å². The summed E-state index contributed by atoms with van der Waals surface area (Å²) in [6.07, 6.45) is 0. The number of nitro benzene ring substituents is 1. The molecule has 1 aliphatic heterocycles. The van der Waals surface area contributed by atoms with Crippen LogP contribution in [0.4, 0.5) is 11.4 Å². The highest BCUT2D eigenvalue weighted by Crippen LogP contribution is 2.27. The second-order valence-corrected chi connectivity index (χ2v) is 4.36. The summed E-state index contributed by atoms with van der Waals surface area (Å²) in [5.41, 5.74) is 0.855. The standard InChI is InChI=1S/C11H11N5O3S/c1-12-11(20)15(2)14-9-7-5-6(16(18)19)3-4-8(7)13-10(9)17/h3-5H,1-2H3,(H,12,20)(H,13,14,17). The second kappa shape index (κ2) is 5.21. The van der Waals surface area contributed by atoms with Crippen LogP contribution in [-0.2, 0) is 4.79 Å². The molecule has 0 bridgehead atoms. The smallest absolute Gasteiger partial charge is 0.276 e. The van der Waals surface area contributed by atoms with Crippen LogP contribution in [0.3, 0.4) is 0 Å². The Morgan fingerprint density at radius 1 is 1.55 bits per heavy atom. The number of benzene rings is 1. The Morgan fingerprint density at radius 2 is 2.25 bits per heavy atom. The van der Waals surface area contributed by atoms with E-state index in [1.165, 1.54) is 23.2 Å². The molecule has 104 valence electrons. The van der Waals surface area contributed by atoms with E-state index in [1.807, 2.05) is 0 Å². The molecule has 0 saturated carbocycles. The summed E-state index contributed by atoms with van der Waals surface area (Å²) < 4.78 is 0. The number of fused-ring (bicyclic) bond motifs is 1. The van der Waals surface area contributed by atoms with E-state index < -0.39 is 10.8 Å². The molecule has 0 radical (unpaired) electrons. The van der Waals surface area contributed by atoms with Gasteiger partial charge in [0.2, 0.25) is 0 Å². The number of amides is 1. The van der Waals surface area contributed by atoms with Gasteiger partial charge in [-0.25, -0.2) is 5.01 Å². The van der Waals surface area contributed by atoms with Crippen molar-refractivity contribution in [2.24, 2.45) is 5.10 Å². The first-order valence-electron chi connectivity index (χ1n) is 5.58. The molecule has 2 N–H and O–H groups in total. The normalized spacial score (nSPS) is 14.7. The van der Waals surface area contributed by atoms with Crippen LogP contribution < -0.4 is 10.6 Å². The maximum Gasteiger partial charge on any atom is 0.276 e. The Kier molecular flexibility index (Phi) is 3.61. The maximum absolute atomic E-state index is 11.9. The number of carbonyl (C=O) groups is 1. The van der Waals surface area contributed by atoms with Gasteiger partial charge in [-0.2, -0.15) is 5.10 Å². The van der Waals surface area contributed by atoms with Crippen molar-refractivity contribution < 1.29 is 9.72 Å². The number of thiocarbonyl (C=S) groups is 1. The third-order valence-electron chi connectivity index (χ3n) is 2.69. The van der Waals surface area contributed by atoms with Gasteiger partial charge in [-0.05, 0) is 18.3 Å². The van der Waals surface area contributed by atoms with Gasteiger partial charge in [0.05, 0.1) is 10.6 Å². The lowest BCUT2D eigenvalue weighted by molar-refractivity contribution is -0.384. The van der Waals surface area contributed by atoms with E-state index in [0.29, 0.717) is 16.4 Å². The van der Waals surface area contributed by atoms with Gasteiger partial charge in [-0.3, -0.25) is 14.9 Å². The third kappa shape index (κ3) is 2.43. The molecular formula is C11H11N5O3S. The summed E-state index contributed by atoms with van der Waals surface area (Å²) in [4.78, 5) is 22.1. The lowest BCUT2D eigenvalue weighted by Crippen LogP contribution is -2.32. The van der Waals surface area contributed by atoms with Crippen LogP contribution in [-0.4, -0.2) is 40.8 Å². The topological polar surface area (TPSA) is 99.9 Å². The quantitative estimate of drug-likeness (QED) is 0.473. The average Bonchev–Trinajstić information content (AvgIpc) is 2.73.